The van der Waals surface area contributed by atoms with E-state index in [0.717, 1.165) is 16.0 Å². The molecule has 3 aromatic carbocycles. The van der Waals surface area contributed by atoms with Crippen LogP contribution < -0.4 is 0 Å². The molecule has 156 valence electrons. The fourth-order valence-electron chi connectivity index (χ4n) is 4.28. The van der Waals surface area contributed by atoms with E-state index in [9.17, 15) is 4.79 Å². The first-order valence-electron chi connectivity index (χ1n) is 10.7. The van der Waals surface area contributed by atoms with Crippen LogP contribution in [0.1, 0.15) is 45.0 Å². The summed E-state index contributed by atoms with van der Waals surface area (Å²) in [5.41, 5.74) is 1.63. The molecule has 1 aliphatic rings. The highest BCUT2D eigenvalue weighted by atomic mass is 32.1. The standard InChI is InChI=1S/C29H22O2S/c30-27(24-15-8-3-9-16-24)29(19-18-22-11-4-1-5-12-22)21-25(23-13-6-2-7-14-23)31-28(29)26-17-10-20-32-26/h1-17,20,25,28H,21H2/t25-,28+,29+/m1/s1. The van der Waals surface area contributed by atoms with Crippen LogP contribution in [-0.2, 0) is 4.74 Å². The molecule has 0 saturated carbocycles. The molecule has 1 saturated heterocycles. The van der Waals surface area contributed by atoms with Gasteiger partial charge in [0.25, 0.3) is 0 Å². The highest BCUT2D eigenvalue weighted by molar-refractivity contribution is 7.10. The minimum absolute atomic E-state index is 0.0124. The van der Waals surface area contributed by atoms with Crippen LogP contribution >= 0.6 is 11.3 Å². The van der Waals surface area contributed by atoms with Gasteiger partial charge in [0.2, 0.25) is 0 Å². The van der Waals surface area contributed by atoms with Gasteiger partial charge in [-0.25, -0.2) is 0 Å². The molecule has 0 aliphatic carbocycles. The third-order valence-corrected chi connectivity index (χ3v) is 6.79. The molecule has 2 nitrogen and oxygen atoms in total. The SMILES string of the molecule is O=C(c1ccccc1)[C@]1(C#Cc2ccccc2)C[C@H](c2ccccc2)O[C@H]1c1cccs1. The Morgan fingerprint density at radius 2 is 1.50 bits per heavy atom. The second kappa shape index (κ2) is 8.96. The molecule has 3 atom stereocenters. The van der Waals surface area contributed by atoms with Gasteiger partial charge >= 0.3 is 0 Å². The number of thiophene rings is 1. The van der Waals surface area contributed by atoms with Crippen molar-refractivity contribution in [1.29, 1.82) is 0 Å². The Kier molecular flexibility index (Phi) is 5.73. The van der Waals surface area contributed by atoms with Crippen LogP contribution in [0.25, 0.3) is 0 Å². The lowest BCUT2D eigenvalue weighted by Crippen LogP contribution is -2.33. The van der Waals surface area contributed by atoms with Gasteiger partial charge in [0.15, 0.2) is 5.78 Å². The van der Waals surface area contributed by atoms with Crippen LogP contribution in [0.3, 0.4) is 0 Å². The molecular formula is C29H22O2S. The molecule has 0 amide bonds. The lowest BCUT2D eigenvalue weighted by atomic mass is 9.73. The van der Waals surface area contributed by atoms with Crippen LogP contribution in [0.4, 0.5) is 0 Å². The molecule has 0 bridgehead atoms. The predicted octanol–water partition coefficient (Wildman–Crippen LogP) is 6.87. The third kappa shape index (κ3) is 3.91. The van der Waals surface area contributed by atoms with E-state index in [1.807, 2.05) is 96.4 Å². The Bertz CT molecular complexity index is 1240. The maximum atomic E-state index is 14.1. The largest absolute Gasteiger partial charge is 0.363 e. The number of Topliss-reactive ketones (excluding diaryl/α,β-unsaturated/α-hetero) is 1. The van der Waals surface area contributed by atoms with Gasteiger partial charge in [-0.2, -0.15) is 0 Å². The number of ether oxygens (including phenoxy) is 1. The molecule has 3 heteroatoms. The molecule has 0 spiro atoms. The van der Waals surface area contributed by atoms with Crippen molar-refractivity contribution in [2.75, 3.05) is 0 Å². The predicted molar refractivity (Wildman–Crippen MR) is 128 cm³/mol. The highest BCUT2D eigenvalue weighted by Gasteiger charge is 2.54. The van der Waals surface area contributed by atoms with E-state index in [0.29, 0.717) is 12.0 Å². The number of carbonyl (C=O) groups excluding carboxylic acids is 1. The molecule has 32 heavy (non-hydrogen) atoms. The average molecular weight is 435 g/mol. The maximum Gasteiger partial charge on any atom is 0.184 e. The summed E-state index contributed by atoms with van der Waals surface area (Å²) in [5, 5.41) is 2.02. The van der Waals surface area contributed by atoms with Gasteiger partial charge in [0.05, 0.1) is 6.10 Å². The van der Waals surface area contributed by atoms with Gasteiger partial charge in [0, 0.05) is 22.4 Å². The topological polar surface area (TPSA) is 26.3 Å². The zero-order valence-electron chi connectivity index (χ0n) is 17.5. The van der Waals surface area contributed by atoms with Crippen molar-refractivity contribution < 1.29 is 9.53 Å². The maximum absolute atomic E-state index is 14.1. The Morgan fingerprint density at radius 1 is 0.844 bits per heavy atom. The summed E-state index contributed by atoms with van der Waals surface area (Å²) in [6.45, 7) is 0. The number of hydrogen-bond acceptors (Lipinski definition) is 3. The fourth-order valence-corrected chi connectivity index (χ4v) is 5.13. The third-order valence-electron chi connectivity index (χ3n) is 5.87. The summed E-state index contributed by atoms with van der Waals surface area (Å²) in [6.07, 6.45) is -0.134. The normalized spacial score (nSPS) is 22.1. The van der Waals surface area contributed by atoms with E-state index >= 15 is 0 Å². The fraction of sp³-hybridized carbons (Fsp3) is 0.138. The molecular weight excluding hydrogens is 412 g/mol. The molecule has 5 rings (SSSR count). The number of hydrogen-bond donors (Lipinski definition) is 0. The molecule has 0 unspecified atom stereocenters. The summed E-state index contributed by atoms with van der Waals surface area (Å²) in [5.74, 6) is 6.74. The van der Waals surface area contributed by atoms with Gasteiger partial charge in [-0.1, -0.05) is 96.8 Å². The minimum Gasteiger partial charge on any atom is -0.363 e. The van der Waals surface area contributed by atoms with Crippen molar-refractivity contribution in [3.63, 3.8) is 0 Å². The van der Waals surface area contributed by atoms with Crippen molar-refractivity contribution in [2.45, 2.75) is 18.6 Å². The van der Waals surface area contributed by atoms with E-state index in [2.05, 4.69) is 24.0 Å². The Hall–Kier alpha value is -3.45. The van der Waals surface area contributed by atoms with E-state index in [4.69, 9.17) is 4.74 Å². The van der Waals surface area contributed by atoms with Gasteiger partial charge in [0.1, 0.15) is 11.5 Å². The summed E-state index contributed by atoms with van der Waals surface area (Å²) < 4.78 is 6.63. The Morgan fingerprint density at radius 3 is 2.16 bits per heavy atom. The van der Waals surface area contributed by atoms with Crippen molar-refractivity contribution in [3.05, 3.63) is 130 Å². The first kappa shape index (κ1) is 20.5. The van der Waals surface area contributed by atoms with Crippen molar-refractivity contribution in [2.24, 2.45) is 5.41 Å². The highest BCUT2D eigenvalue weighted by Crippen LogP contribution is 2.55. The summed E-state index contributed by atoms with van der Waals surface area (Å²) >= 11 is 1.61. The van der Waals surface area contributed by atoms with Gasteiger partial charge in [-0.3, -0.25) is 4.79 Å². The first-order valence-corrected chi connectivity index (χ1v) is 11.6. The van der Waals surface area contributed by atoms with Crippen LogP contribution in [0.15, 0.2) is 109 Å². The van der Waals surface area contributed by atoms with Gasteiger partial charge in [-0.15, -0.1) is 11.3 Å². The lowest BCUT2D eigenvalue weighted by molar-refractivity contribution is 0.0244. The van der Waals surface area contributed by atoms with Crippen molar-refractivity contribution >= 4 is 17.1 Å². The number of benzene rings is 3. The van der Waals surface area contributed by atoms with E-state index in [-0.39, 0.29) is 11.9 Å². The first-order chi connectivity index (χ1) is 15.8. The summed E-state index contributed by atoms with van der Waals surface area (Å²) in [6, 6.07) is 33.5. The lowest BCUT2D eigenvalue weighted by Gasteiger charge is -2.27. The number of ketones is 1. The zero-order valence-corrected chi connectivity index (χ0v) is 18.3. The van der Waals surface area contributed by atoms with Crippen LogP contribution in [0.5, 0.6) is 0 Å². The second-order valence-electron chi connectivity index (χ2n) is 7.92. The summed E-state index contributed by atoms with van der Waals surface area (Å²) in [4.78, 5) is 15.1. The van der Waals surface area contributed by atoms with Crippen molar-refractivity contribution in [3.8, 4) is 11.8 Å². The van der Waals surface area contributed by atoms with E-state index < -0.39 is 11.5 Å². The molecule has 1 aromatic heterocycles. The smallest absolute Gasteiger partial charge is 0.184 e. The van der Waals surface area contributed by atoms with E-state index in [1.54, 1.807) is 11.3 Å². The number of rotatable bonds is 4. The van der Waals surface area contributed by atoms with Crippen LogP contribution in [0, 0.1) is 17.3 Å². The molecule has 1 fully saturated rings. The minimum atomic E-state index is -0.984. The Labute approximate surface area is 192 Å². The van der Waals surface area contributed by atoms with Crippen LogP contribution in [-0.4, -0.2) is 5.78 Å². The van der Waals surface area contributed by atoms with E-state index in [1.165, 1.54) is 0 Å². The quantitative estimate of drug-likeness (QED) is 0.259. The second-order valence-corrected chi connectivity index (χ2v) is 8.90. The molecule has 2 heterocycles. The van der Waals surface area contributed by atoms with Crippen LogP contribution in [0.2, 0.25) is 0 Å². The molecule has 0 N–H and O–H groups in total. The summed E-state index contributed by atoms with van der Waals surface area (Å²) in [7, 11) is 0. The molecule has 4 aromatic rings. The molecule has 0 radical (unpaired) electrons. The number of carbonyl (C=O) groups is 1. The monoisotopic (exact) mass is 434 g/mol. The van der Waals surface area contributed by atoms with Gasteiger partial charge in [-0.05, 0) is 29.1 Å². The average Bonchev–Trinajstić information content (AvgIpc) is 3.53. The zero-order chi connectivity index (χ0) is 21.8. The van der Waals surface area contributed by atoms with Crippen molar-refractivity contribution in [1.82, 2.24) is 0 Å². The molecule has 1 aliphatic heterocycles. The Balaban J connectivity index is 1.67. The van der Waals surface area contributed by atoms with Gasteiger partial charge < -0.3 is 4.74 Å².